The highest BCUT2D eigenvalue weighted by atomic mass is 16.3. The van der Waals surface area contributed by atoms with Gasteiger partial charge in [-0.25, -0.2) is 15.0 Å². The molecule has 0 bridgehead atoms. The highest BCUT2D eigenvalue weighted by molar-refractivity contribution is 6.13. The lowest BCUT2D eigenvalue weighted by molar-refractivity contribution is 0.670. The Labute approximate surface area is 543 Å². The Morgan fingerprint density at radius 2 is 0.628 bits per heavy atom. The Kier molecular flexibility index (Phi) is 13.0. The van der Waals surface area contributed by atoms with Gasteiger partial charge in [-0.05, 0) is 171 Å². The van der Waals surface area contributed by atoms with Crippen molar-refractivity contribution in [1.29, 1.82) is 0 Å². The molecule has 0 unspecified atom stereocenters. The van der Waals surface area contributed by atoms with Gasteiger partial charge in [0.1, 0.15) is 11.2 Å². The number of rotatable bonds is 11. The fourth-order valence-electron chi connectivity index (χ4n) is 14.0. The van der Waals surface area contributed by atoms with Crippen LogP contribution in [0.2, 0.25) is 0 Å². The van der Waals surface area contributed by atoms with Crippen LogP contribution in [0, 0.1) is 6.92 Å². The summed E-state index contributed by atoms with van der Waals surface area (Å²) in [5.41, 5.74) is 26.2. The minimum atomic E-state index is 0.619. The minimum absolute atomic E-state index is 0.619. The molecule has 0 saturated heterocycles. The van der Waals surface area contributed by atoms with Crippen LogP contribution in [0.4, 0.5) is 0 Å². The van der Waals surface area contributed by atoms with E-state index in [2.05, 4.69) is 277 Å². The third-order valence-electron chi connectivity index (χ3n) is 18.6. The molecule has 0 fully saturated rings. The Morgan fingerprint density at radius 3 is 1.27 bits per heavy atom. The van der Waals surface area contributed by atoms with E-state index < -0.39 is 0 Å². The first-order valence-electron chi connectivity index (χ1n) is 32.0. The number of fused-ring (bicyclic) bond motifs is 9. The maximum Gasteiger partial charge on any atom is 0.164 e. The third kappa shape index (κ3) is 9.55. The first kappa shape index (κ1) is 54.4. The largest absolute Gasteiger partial charge is 0.455 e. The molecule has 0 spiro atoms. The Morgan fingerprint density at radius 1 is 0.234 bits per heavy atom. The van der Waals surface area contributed by atoms with Gasteiger partial charge in [-0.1, -0.05) is 230 Å². The van der Waals surface area contributed by atoms with E-state index in [1.807, 2.05) is 66.7 Å². The van der Waals surface area contributed by atoms with E-state index in [1.165, 1.54) is 60.4 Å². The SMILES string of the molecule is Cc1ccc2c(c1)c1cc(-c3cccc(-c4ccc5c(c4)c4ccccc4n5-c4cccc(-c5cccc(-c6cc(-c7ccc(-c8cccc(-c9nc(-c%10ccccc%10)nc(-c%10ccccc%10)n9)c8)cc7)c7oc8ccccc8c7c6)c5)c4)c3)ccc1n2-c1ccccc1. The molecule has 14 aromatic carbocycles. The summed E-state index contributed by atoms with van der Waals surface area (Å²) >= 11 is 0. The number of nitrogens with zero attached hydrogens (tertiary/aromatic N) is 5. The van der Waals surface area contributed by atoms with Gasteiger partial charge in [0, 0.05) is 65.9 Å². The number of hydrogen-bond acceptors (Lipinski definition) is 4. The van der Waals surface area contributed by atoms with E-state index >= 15 is 0 Å². The summed E-state index contributed by atoms with van der Waals surface area (Å²) < 4.78 is 11.6. The number of benzene rings is 14. The van der Waals surface area contributed by atoms with Gasteiger partial charge >= 0.3 is 0 Å². The molecule has 18 rings (SSSR count). The minimum Gasteiger partial charge on any atom is -0.455 e. The second-order valence-electron chi connectivity index (χ2n) is 24.4. The van der Waals surface area contributed by atoms with Crippen molar-refractivity contribution >= 4 is 65.6 Å². The molecule has 6 nitrogen and oxygen atoms in total. The van der Waals surface area contributed by atoms with E-state index in [0.717, 1.165) is 106 Å². The topological polar surface area (TPSA) is 61.7 Å². The normalized spacial score (nSPS) is 11.7. The summed E-state index contributed by atoms with van der Waals surface area (Å²) in [6.45, 7) is 2.18. The number of aromatic nitrogens is 5. The third-order valence-corrected chi connectivity index (χ3v) is 18.6. The number of hydrogen-bond donors (Lipinski definition) is 0. The Balaban J connectivity index is 0.668. The Bertz CT molecular complexity index is 5920. The van der Waals surface area contributed by atoms with Crippen molar-refractivity contribution in [3.63, 3.8) is 0 Å². The van der Waals surface area contributed by atoms with Crippen molar-refractivity contribution in [3.8, 4) is 112 Å². The zero-order valence-electron chi connectivity index (χ0n) is 51.3. The summed E-state index contributed by atoms with van der Waals surface area (Å²) in [7, 11) is 0. The van der Waals surface area contributed by atoms with Crippen LogP contribution < -0.4 is 0 Å². The molecule has 0 amide bonds. The maximum absolute atomic E-state index is 6.76. The quantitative estimate of drug-likeness (QED) is 0.129. The number of para-hydroxylation sites is 3. The van der Waals surface area contributed by atoms with Crippen LogP contribution in [-0.2, 0) is 0 Å². The Hall–Kier alpha value is -12.5. The van der Waals surface area contributed by atoms with Gasteiger partial charge in [-0.15, -0.1) is 0 Å². The van der Waals surface area contributed by atoms with Crippen LogP contribution in [0.3, 0.4) is 0 Å². The molecule has 18 aromatic rings. The molecule has 0 aliphatic rings. The fourth-order valence-corrected chi connectivity index (χ4v) is 14.0. The molecule has 0 saturated carbocycles. The lowest BCUT2D eigenvalue weighted by atomic mass is 9.93. The highest BCUT2D eigenvalue weighted by Gasteiger charge is 2.20. The lowest BCUT2D eigenvalue weighted by Crippen LogP contribution is -2.00. The highest BCUT2D eigenvalue weighted by Crippen LogP contribution is 2.43. The van der Waals surface area contributed by atoms with Crippen LogP contribution in [0.15, 0.2) is 332 Å². The van der Waals surface area contributed by atoms with E-state index in [4.69, 9.17) is 19.4 Å². The average Bonchev–Trinajstić information content (AvgIpc) is 1.59. The van der Waals surface area contributed by atoms with Crippen LogP contribution in [0.5, 0.6) is 0 Å². The zero-order valence-corrected chi connectivity index (χ0v) is 51.3. The lowest BCUT2D eigenvalue weighted by Gasteiger charge is -2.13. The van der Waals surface area contributed by atoms with Crippen LogP contribution >= 0.6 is 0 Å². The molecule has 0 atom stereocenters. The van der Waals surface area contributed by atoms with Gasteiger partial charge in [-0.2, -0.15) is 0 Å². The van der Waals surface area contributed by atoms with Gasteiger partial charge in [-0.3, -0.25) is 0 Å². The van der Waals surface area contributed by atoms with Crippen LogP contribution in [0.1, 0.15) is 5.56 Å². The molecule has 4 aromatic heterocycles. The van der Waals surface area contributed by atoms with Gasteiger partial charge < -0.3 is 13.6 Å². The molecule has 440 valence electrons. The summed E-state index contributed by atoms with van der Waals surface area (Å²) in [5, 5.41) is 7.10. The molecule has 4 heterocycles. The first-order chi connectivity index (χ1) is 46.5. The van der Waals surface area contributed by atoms with Crippen molar-refractivity contribution in [2.75, 3.05) is 0 Å². The van der Waals surface area contributed by atoms with Gasteiger partial charge in [0.2, 0.25) is 0 Å². The molecule has 0 aliphatic heterocycles. The molecular formula is C88H57N5O. The van der Waals surface area contributed by atoms with Crippen molar-refractivity contribution < 1.29 is 4.42 Å². The predicted molar refractivity (Wildman–Crippen MR) is 389 cm³/mol. The average molecular weight is 1200 g/mol. The van der Waals surface area contributed by atoms with Gasteiger partial charge in [0.25, 0.3) is 0 Å². The fraction of sp³-hybridized carbons (Fsp3) is 0.0114. The first-order valence-corrected chi connectivity index (χ1v) is 32.0. The van der Waals surface area contributed by atoms with Crippen LogP contribution in [0.25, 0.3) is 178 Å². The second-order valence-corrected chi connectivity index (χ2v) is 24.4. The molecule has 0 aliphatic carbocycles. The smallest absolute Gasteiger partial charge is 0.164 e. The van der Waals surface area contributed by atoms with Crippen molar-refractivity contribution in [1.82, 2.24) is 24.1 Å². The maximum atomic E-state index is 6.76. The summed E-state index contributed by atoms with van der Waals surface area (Å²) in [6, 6.07) is 118. The van der Waals surface area contributed by atoms with Crippen LogP contribution in [-0.4, -0.2) is 24.1 Å². The predicted octanol–water partition coefficient (Wildman–Crippen LogP) is 23.3. The molecule has 0 N–H and O–H groups in total. The monoisotopic (exact) mass is 1200 g/mol. The van der Waals surface area contributed by atoms with E-state index in [-0.39, 0.29) is 0 Å². The molecule has 6 heteroatoms. The van der Waals surface area contributed by atoms with Crippen molar-refractivity contribution in [2.45, 2.75) is 6.92 Å². The van der Waals surface area contributed by atoms with E-state index in [9.17, 15) is 0 Å². The second kappa shape index (κ2) is 22.5. The standard InChI is InChI=1S/C88H57N5O/c1-56-37-44-81-76(47-56)78-53-68(43-46-83(78)92(81)71-30-9-4-10-31-71)64-26-15-25-63(48-64)67-42-45-82-77(52-67)73-33-11-13-35-80(73)93(82)72-32-18-28-66(51-72)62-24-16-27-65(49-62)70-54-75(85-79(55-70)74-34-12-14-36-84(74)94-85)58-40-38-57(39-41-58)61-23-17-29-69(50-61)88-90-86(59-19-5-2-6-20-59)89-87(91-88)60-21-7-3-8-22-60/h2-55H,1H3. The van der Waals surface area contributed by atoms with E-state index in [0.29, 0.717) is 17.5 Å². The molecule has 0 radical (unpaired) electrons. The van der Waals surface area contributed by atoms with Gasteiger partial charge in [0.05, 0.1) is 22.1 Å². The summed E-state index contributed by atoms with van der Waals surface area (Å²) in [4.78, 5) is 15.0. The number of furan rings is 1. The van der Waals surface area contributed by atoms with Gasteiger partial charge in [0.15, 0.2) is 17.5 Å². The summed E-state index contributed by atoms with van der Waals surface area (Å²) in [5.74, 6) is 1.89. The molecule has 94 heavy (non-hydrogen) atoms. The van der Waals surface area contributed by atoms with Crippen molar-refractivity contribution in [2.24, 2.45) is 0 Å². The zero-order chi connectivity index (χ0) is 62.2. The number of aryl methyl sites for hydroxylation is 1. The van der Waals surface area contributed by atoms with E-state index in [1.54, 1.807) is 0 Å². The van der Waals surface area contributed by atoms with Crippen molar-refractivity contribution in [3.05, 3.63) is 333 Å². The summed E-state index contributed by atoms with van der Waals surface area (Å²) in [6.07, 6.45) is 0. The molecular weight excluding hydrogens is 1140 g/mol.